The van der Waals surface area contributed by atoms with Crippen molar-refractivity contribution in [3.63, 3.8) is 0 Å². The van der Waals surface area contributed by atoms with Gasteiger partial charge in [0.05, 0.1) is 13.0 Å². The predicted molar refractivity (Wildman–Crippen MR) is 63.9 cm³/mol. The molecule has 1 atom stereocenters. The number of pyridine rings is 1. The minimum Gasteiger partial charge on any atom is -0.481 e. The third-order valence-corrected chi connectivity index (χ3v) is 2.55. The Morgan fingerprint density at radius 2 is 2.35 bits per heavy atom. The van der Waals surface area contributed by atoms with Crippen molar-refractivity contribution >= 4 is 5.97 Å². The van der Waals surface area contributed by atoms with E-state index in [2.05, 4.69) is 4.98 Å². The van der Waals surface area contributed by atoms with Crippen molar-refractivity contribution in [1.82, 2.24) is 4.98 Å². The van der Waals surface area contributed by atoms with Crippen LogP contribution in [0.25, 0.3) is 0 Å². The number of hydrogen-bond acceptors (Lipinski definition) is 4. The molecule has 17 heavy (non-hydrogen) atoms. The average molecular weight is 238 g/mol. The van der Waals surface area contributed by atoms with Gasteiger partial charge in [0.1, 0.15) is 0 Å². The van der Waals surface area contributed by atoms with Crippen LogP contribution in [0.1, 0.15) is 18.5 Å². The Hall–Kier alpha value is -1.62. The minimum atomic E-state index is -0.803. The van der Waals surface area contributed by atoms with E-state index in [1.807, 2.05) is 6.07 Å². The smallest absolute Gasteiger partial charge is 0.306 e. The SMILES string of the molecule is COc1cccc(CC(CCCN)C(=O)O)n1. The van der Waals surface area contributed by atoms with Crippen LogP contribution < -0.4 is 10.5 Å². The number of carboxylic acids is 1. The molecule has 94 valence electrons. The second-order valence-electron chi connectivity index (χ2n) is 3.84. The first-order chi connectivity index (χ1) is 8.17. The summed E-state index contributed by atoms with van der Waals surface area (Å²) in [6, 6.07) is 5.35. The third kappa shape index (κ3) is 4.40. The molecule has 0 saturated carbocycles. The molecule has 5 heteroatoms. The molecule has 0 aliphatic carbocycles. The van der Waals surface area contributed by atoms with E-state index in [0.717, 1.165) is 5.69 Å². The highest BCUT2D eigenvalue weighted by Crippen LogP contribution is 2.15. The van der Waals surface area contributed by atoms with Crippen LogP contribution in [0.5, 0.6) is 5.88 Å². The van der Waals surface area contributed by atoms with Gasteiger partial charge in [-0.25, -0.2) is 4.98 Å². The van der Waals surface area contributed by atoms with Gasteiger partial charge < -0.3 is 15.6 Å². The molecule has 1 aromatic heterocycles. The summed E-state index contributed by atoms with van der Waals surface area (Å²) >= 11 is 0. The fraction of sp³-hybridized carbons (Fsp3) is 0.500. The maximum absolute atomic E-state index is 11.1. The van der Waals surface area contributed by atoms with Crippen LogP contribution in [0.4, 0.5) is 0 Å². The van der Waals surface area contributed by atoms with Gasteiger partial charge in [-0.05, 0) is 25.5 Å². The van der Waals surface area contributed by atoms with Gasteiger partial charge in [0.2, 0.25) is 5.88 Å². The number of aromatic nitrogens is 1. The van der Waals surface area contributed by atoms with Crippen LogP contribution in [0.3, 0.4) is 0 Å². The van der Waals surface area contributed by atoms with Crippen molar-refractivity contribution in [2.75, 3.05) is 13.7 Å². The number of hydrogen-bond donors (Lipinski definition) is 2. The topological polar surface area (TPSA) is 85.4 Å². The Kier molecular flexibility index (Phi) is 5.42. The third-order valence-electron chi connectivity index (χ3n) is 2.55. The van der Waals surface area contributed by atoms with Crippen molar-refractivity contribution in [3.8, 4) is 5.88 Å². The zero-order valence-corrected chi connectivity index (χ0v) is 9.93. The Morgan fingerprint density at radius 1 is 1.59 bits per heavy atom. The van der Waals surface area contributed by atoms with Gasteiger partial charge in [-0.15, -0.1) is 0 Å². The Morgan fingerprint density at radius 3 is 2.94 bits per heavy atom. The molecule has 3 N–H and O–H groups in total. The summed E-state index contributed by atoms with van der Waals surface area (Å²) in [6.07, 6.45) is 1.69. The van der Waals surface area contributed by atoms with Gasteiger partial charge in [0, 0.05) is 18.2 Å². The summed E-state index contributed by atoms with van der Waals surface area (Å²) in [5, 5.41) is 9.09. The van der Waals surface area contributed by atoms with Gasteiger partial charge in [-0.3, -0.25) is 4.79 Å². The van der Waals surface area contributed by atoms with Gasteiger partial charge in [0.15, 0.2) is 0 Å². The summed E-state index contributed by atoms with van der Waals surface area (Å²) in [5.74, 6) is -0.730. The van der Waals surface area contributed by atoms with Gasteiger partial charge >= 0.3 is 5.97 Å². The number of carboxylic acid groups (broad SMARTS) is 1. The first-order valence-corrected chi connectivity index (χ1v) is 5.60. The highest BCUT2D eigenvalue weighted by Gasteiger charge is 2.18. The molecule has 0 saturated heterocycles. The van der Waals surface area contributed by atoms with E-state index in [9.17, 15) is 4.79 Å². The van der Waals surface area contributed by atoms with Crippen molar-refractivity contribution in [3.05, 3.63) is 23.9 Å². The van der Waals surface area contributed by atoms with E-state index in [1.54, 1.807) is 12.1 Å². The van der Waals surface area contributed by atoms with E-state index >= 15 is 0 Å². The molecule has 1 unspecified atom stereocenters. The summed E-state index contributed by atoms with van der Waals surface area (Å²) in [4.78, 5) is 15.3. The van der Waals surface area contributed by atoms with Crippen molar-refractivity contribution < 1.29 is 14.6 Å². The monoisotopic (exact) mass is 238 g/mol. The highest BCUT2D eigenvalue weighted by molar-refractivity contribution is 5.70. The van der Waals surface area contributed by atoms with Gasteiger partial charge in [0.25, 0.3) is 0 Å². The fourth-order valence-corrected chi connectivity index (χ4v) is 1.61. The van der Waals surface area contributed by atoms with Crippen molar-refractivity contribution in [2.24, 2.45) is 11.7 Å². The second kappa shape index (κ2) is 6.85. The van der Waals surface area contributed by atoms with Crippen LogP contribution in [0.2, 0.25) is 0 Å². The molecule has 0 aromatic carbocycles. The zero-order valence-electron chi connectivity index (χ0n) is 9.93. The maximum Gasteiger partial charge on any atom is 0.306 e. The lowest BCUT2D eigenvalue weighted by atomic mass is 9.97. The standard InChI is InChI=1S/C12H18N2O3/c1-17-11-6-2-5-10(14-11)8-9(12(15)16)4-3-7-13/h2,5-6,9H,3-4,7-8,13H2,1H3,(H,15,16). The molecule has 0 aliphatic heterocycles. The normalized spacial score (nSPS) is 12.1. The lowest BCUT2D eigenvalue weighted by Crippen LogP contribution is -2.18. The number of rotatable bonds is 7. The molecule has 0 aliphatic rings. The van der Waals surface area contributed by atoms with E-state index in [-0.39, 0.29) is 0 Å². The molecule has 5 nitrogen and oxygen atoms in total. The van der Waals surface area contributed by atoms with E-state index < -0.39 is 11.9 Å². The van der Waals surface area contributed by atoms with Crippen LogP contribution in [0.15, 0.2) is 18.2 Å². The molecule has 0 spiro atoms. The minimum absolute atomic E-state index is 0.409. The van der Waals surface area contributed by atoms with Crippen LogP contribution in [-0.2, 0) is 11.2 Å². The molecule has 0 fully saturated rings. The summed E-state index contributed by atoms with van der Waals surface area (Å²) < 4.78 is 5.00. The highest BCUT2D eigenvalue weighted by atomic mass is 16.5. The summed E-state index contributed by atoms with van der Waals surface area (Å²) in [5.41, 5.74) is 6.12. The molecular formula is C12H18N2O3. The Labute approximate surface area is 101 Å². The molecule has 0 radical (unpaired) electrons. The molecule has 1 rings (SSSR count). The predicted octanol–water partition coefficient (Wildman–Crippen LogP) is 1.07. The fourth-order valence-electron chi connectivity index (χ4n) is 1.61. The number of nitrogens with two attached hydrogens (primary N) is 1. The average Bonchev–Trinajstić information content (AvgIpc) is 2.34. The Balaban J connectivity index is 2.67. The molecule has 0 bridgehead atoms. The van der Waals surface area contributed by atoms with Crippen molar-refractivity contribution in [1.29, 1.82) is 0 Å². The van der Waals surface area contributed by atoms with Crippen molar-refractivity contribution in [2.45, 2.75) is 19.3 Å². The first-order valence-electron chi connectivity index (χ1n) is 5.60. The largest absolute Gasteiger partial charge is 0.481 e. The van der Waals surface area contributed by atoms with E-state index in [1.165, 1.54) is 7.11 Å². The number of aliphatic carboxylic acids is 1. The number of nitrogens with zero attached hydrogens (tertiary/aromatic N) is 1. The number of methoxy groups -OCH3 is 1. The lowest BCUT2D eigenvalue weighted by molar-refractivity contribution is -0.142. The zero-order chi connectivity index (χ0) is 12.7. The molecule has 1 heterocycles. The van der Waals surface area contributed by atoms with E-state index in [0.29, 0.717) is 31.7 Å². The second-order valence-corrected chi connectivity index (χ2v) is 3.84. The first kappa shape index (κ1) is 13.4. The number of ether oxygens (including phenoxy) is 1. The van der Waals surface area contributed by atoms with E-state index in [4.69, 9.17) is 15.6 Å². The molecular weight excluding hydrogens is 220 g/mol. The molecule has 1 aromatic rings. The molecule has 0 amide bonds. The summed E-state index contributed by atoms with van der Waals surface area (Å²) in [7, 11) is 1.54. The Bertz CT molecular complexity index is 369. The summed E-state index contributed by atoms with van der Waals surface area (Å²) in [6.45, 7) is 0.509. The van der Waals surface area contributed by atoms with Crippen LogP contribution in [-0.4, -0.2) is 29.7 Å². The van der Waals surface area contributed by atoms with Crippen LogP contribution >= 0.6 is 0 Å². The number of carbonyl (C=O) groups is 1. The van der Waals surface area contributed by atoms with Gasteiger partial charge in [-0.1, -0.05) is 6.07 Å². The lowest BCUT2D eigenvalue weighted by Gasteiger charge is -2.11. The maximum atomic E-state index is 11.1. The van der Waals surface area contributed by atoms with Crippen LogP contribution in [0, 0.1) is 5.92 Å². The van der Waals surface area contributed by atoms with Gasteiger partial charge in [-0.2, -0.15) is 0 Å². The quantitative estimate of drug-likeness (QED) is 0.742.